The zero-order valence-electron chi connectivity index (χ0n) is 14.0. The highest BCUT2D eigenvalue weighted by molar-refractivity contribution is 8.00. The highest BCUT2D eigenvalue weighted by atomic mass is 32.2. The van der Waals surface area contributed by atoms with Gasteiger partial charge in [0, 0.05) is 5.56 Å². The Bertz CT molecular complexity index is 860. The van der Waals surface area contributed by atoms with Crippen molar-refractivity contribution in [2.75, 3.05) is 0 Å². The van der Waals surface area contributed by atoms with Gasteiger partial charge in [-0.15, -0.1) is 5.10 Å². The van der Waals surface area contributed by atoms with E-state index in [-0.39, 0.29) is 16.8 Å². The summed E-state index contributed by atoms with van der Waals surface area (Å²) in [5.41, 5.74) is 2.60. The van der Waals surface area contributed by atoms with E-state index >= 15 is 0 Å². The molecule has 1 heterocycles. The molecule has 0 unspecified atom stereocenters. The second-order valence-corrected chi connectivity index (χ2v) is 6.87. The monoisotopic (exact) mass is 354 g/mol. The number of hydrogen-bond acceptors (Lipinski definition) is 6. The van der Waals surface area contributed by atoms with Crippen LogP contribution in [0.5, 0.6) is 5.75 Å². The molecule has 1 N–H and O–H groups in total. The molecule has 2 aromatic carbocycles. The lowest BCUT2D eigenvalue weighted by Gasteiger charge is -2.10. The highest BCUT2D eigenvalue weighted by Gasteiger charge is 2.20. The van der Waals surface area contributed by atoms with Gasteiger partial charge in [0.1, 0.15) is 5.75 Å². The molecule has 0 bridgehead atoms. The Balaban J connectivity index is 1.77. The number of aryl methyl sites for hydroxylation is 1. The number of phenolic OH excluding ortho intramolecular Hbond substituents is 1. The van der Waals surface area contributed by atoms with E-state index in [4.69, 9.17) is 0 Å². The van der Waals surface area contributed by atoms with E-state index in [1.807, 2.05) is 31.2 Å². The molecule has 7 heteroatoms. The molecule has 1 atom stereocenters. The summed E-state index contributed by atoms with van der Waals surface area (Å²) in [5, 5.41) is 21.3. The Kier molecular flexibility index (Phi) is 5.14. The van der Waals surface area contributed by atoms with Gasteiger partial charge in [-0.2, -0.15) is 4.68 Å². The molecular formula is C18H18N4O2S. The van der Waals surface area contributed by atoms with Crippen molar-refractivity contribution in [1.29, 1.82) is 0 Å². The van der Waals surface area contributed by atoms with Crippen molar-refractivity contribution >= 4 is 17.5 Å². The van der Waals surface area contributed by atoms with Gasteiger partial charge in [-0.3, -0.25) is 4.79 Å². The van der Waals surface area contributed by atoms with E-state index < -0.39 is 0 Å². The van der Waals surface area contributed by atoms with Gasteiger partial charge in [-0.1, -0.05) is 43.0 Å². The first kappa shape index (κ1) is 17.2. The molecular weight excluding hydrogens is 336 g/mol. The lowest BCUT2D eigenvalue weighted by molar-refractivity contribution is 0.0994. The first-order valence-electron chi connectivity index (χ1n) is 7.96. The van der Waals surface area contributed by atoms with Crippen LogP contribution in [0.2, 0.25) is 0 Å². The van der Waals surface area contributed by atoms with Crippen LogP contribution < -0.4 is 0 Å². The van der Waals surface area contributed by atoms with Crippen LogP contribution in [-0.2, 0) is 6.42 Å². The number of tetrazole rings is 1. The molecule has 128 valence electrons. The molecule has 0 aliphatic heterocycles. The molecule has 0 saturated heterocycles. The van der Waals surface area contributed by atoms with Crippen molar-refractivity contribution in [3.05, 3.63) is 59.7 Å². The van der Waals surface area contributed by atoms with E-state index in [1.54, 1.807) is 28.9 Å². The number of nitrogens with zero attached hydrogens (tertiary/aromatic N) is 4. The van der Waals surface area contributed by atoms with Crippen LogP contribution in [0, 0.1) is 0 Å². The second kappa shape index (κ2) is 7.48. The zero-order valence-corrected chi connectivity index (χ0v) is 14.8. The maximum atomic E-state index is 12.6. The van der Waals surface area contributed by atoms with Gasteiger partial charge in [-0.05, 0) is 53.6 Å². The van der Waals surface area contributed by atoms with Crippen LogP contribution in [-0.4, -0.2) is 36.3 Å². The van der Waals surface area contributed by atoms with Gasteiger partial charge in [0.05, 0.1) is 10.9 Å². The van der Waals surface area contributed by atoms with Gasteiger partial charge in [-0.25, -0.2) is 0 Å². The molecule has 0 spiro atoms. The number of Topliss-reactive ketones (excluding diaryl/α,β-unsaturated/α-hetero) is 1. The normalized spacial score (nSPS) is 12.1. The quantitative estimate of drug-likeness (QED) is 0.540. The molecule has 3 rings (SSSR count). The van der Waals surface area contributed by atoms with E-state index in [9.17, 15) is 9.90 Å². The summed E-state index contributed by atoms with van der Waals surface area (Å²) in [4.78, 5) is 12.6. The Morgan fingerprint density at radius 3 is 2.48 bits per heavy atom. The minimum Gasteiger partial charge on any atom is -0.508 e. The van der Waals surface area contributed by atoms with Crippen LogP contribution in [0.4, 0.5) is 0 Å². The molecule has 0 radical (unpaired) electrons. The fourth-order valence-electron chi connectivity index (χ4n) is 2.36. The van der Waals surface area contributed by atoms with Crippen LogP contribution >= 0.6 is 11.8 Å². The minimum absolute atomic E-state index is 0.0351. The SMILES string of the molecule is CCc1ccc(C(=O)[C@@H](C)Sc2nnnn2-c2ccc(O)cc2)cc1. The predicted molar refractivity (Wildman–Crippen MR) is 96.3 cm³/mol. The van der Waals surface area contributed by atoms with E-state index in [2.05, 4.69) is 22.4 Å². The standard InChI is InChI=1S/C18H18N4O2S/c1-3-13-4-6-14(7-5-13)17(24)12(2)25-18-19-20-21-22(18)15-8-10-16(23)11-9-15/h4-12,23H,3H2,1-2H3/t12-/m1/s1. The van der Waals surface area contributed by atoms with E-state index in [0.717, 1.165) is 12.1 Å². The second-order valence-electron chi connectivity index (χ2n) is 5.56. The fraction of sp³-hybridized carbons (Fsp3) is 0.222. The van der Waals surface area contributed by atoms with Crippen molar-refractivity contribution in [2.24, 2.45) is 0 Å². The number of rotatable bonds is 6. The number of benzene rings is 2. The highest BCUT2D eigenvalue weighted by Crippen LogP contribution is 2.26. The molecule has 0 saturated carbocycles. The predicted octanol–water partition coefficient (Wildman–Crippen LogP) is 3.29. The van der Waals surface area contributed by atoms with E-state index in [0.29, 0.717) is 10.7 Å². The summed E-state index contributed by atoms with van der Waals surface area (Å²) < 4.78 is 1.55. The van der Waals surface area contributed by atoms with Crippen LogP contribution in [0.3, 0.4) is 0 Å². The Hall–Kier alpha value is -2.67. The zero-order chi connectivity index (χ0) is 17.8. The first-order chi connectivity index (χ1) is 12.1. The van der Waals surface area contributed by atoms with Gasteiger partial charge in [0.15, 0.2) is 5.78 Å². The molecule has 6 nitrogen and oxygen atoms in total. The largest absolute Gasteiger partial charge is 0.508 e. The van der Waals surface area contributed by atoms with Gasteiger partial charge in [0.2, 0.25) is 5.16 Å². The van der Waals surface area contributed by atoms with Crippen LogP contribution in [0.25, 0.3) is 5.69 Å². The Morgan fingerprint density at radius 1 is 1.16 bits per heavy atom. The van der Waals surface area contributed by atoms with Gasteiger partial charge < -0.3 is 5.11 Å². The van der Waals surface area contributed by atoms with Crippen molar-refractivity contribution in [3.63, 3.8) is 0 Å². The lowest BCUT2D eigenvalue weighted by Crippen LogP contribution is -2.14. The number of carbonyl (C=O) groups excluding carboxylic acids is 1. The third kappa shape index (κ3) is 3.88. The average molecular weight is 354 g/mol. The van der Waals surface area contributed by atoms with Crippen molar-refractivity contribution in [3.8, 4) is 11.4 Å². The summed E-state index contributed by atoms with van der Waals surface area (Å²) in [6.45, 7) is 3.93. The molecule has 3 aromatic rings. The van der Waals surface area contributed by atoms with Gasteiger partial charge in [0.25, 0.3) is 0 Å². The number of carbonyl (C=O) groups is 1. The molecule has 1 aromatic heterocycles. The van der Waals surface area contributed by atoms with E-state index in [1.165, 1.54) is 17.3 Å². The summed E-state index contributed by atoms with van der Waals surface area (Å²) in [6, 6.07) is 14.2. The third-order valence-electron chi connectivity index (χ3n) is 3.83. The number of phenols is 1. The molecule has 0 aliphatic carbocycles. The van der Waals surface area contributed by atoms with Crippen molar-refractivity contribution < 1.29 is 9.90 Å². The smallest absolute Gasteiger partial charge is 0.214 e. The van der Waals surface area contributed by atoms with Crippen LogP contribution in [0.15, 0.2) is 53.7 Å². The average Bonchev–Trinajstić information content (AvgIpc) is 3.10. The lowest BCUT2D eigenvalue weighted by atomic mass is 10.1. The summed E-state index contributed by atoms with van der Waals surface area (Å²) in [7, 11) is 0. The maximum absolute atomic E-state index is 12.6. The fourth-order valence-corrected chi connectivity index (χ4v) is 3.24. The topological polar surface area (TPSA) is 80.9 Å². The molecule has 0 amide bonds. The van der Waals surface area contributed by atoms with Crippen LogP contribution in [0.1, 0.15) is 29.8 Å². The number of aromatic nitrogens is 4. The summed E-state index contributed by atoms with van der Waals surface area (Å²) in [5.74, 6) is 0.206. The number of ketones is 1. The first-order valence-corrected chi connectivity index (χ1v) is 8.84. The van der Waals surface area contributed by atoms with Crippen molar-refractivity contribution in [1.82, 2.24) is 20.2 Å². The third-order valence-corrected chi connectivity index (χ3v) is 4.87. The molecule has 25 heavy (non-hydrogen) atoms. The maximum Gasteiger partial charge on any atom is 0.214 e. The number of hydrogen-bond donors (Lipinski definition) is 1. The summed E-state index contributed by atoms with van der Waals surface area (Å²) in [6.07, 6.45) is 0.945. The molecule has 0 aliphatic rings. The Labute approximate surface area is 149 Å². The number of aromatic hydroxyl groups is 1. The van der Waals surface area contributed by atoms with Crippen molar-refractivity contribution in [2.45, 2.75) is 30.7 Å². The summed E-state index contributed by atoms with van der Waals surface area (Å²) >= 11 is 1.30. The minimum atomic E-state index is -0.325. The molecule has 0 fully saturated rings. The Morgan fingerprint density at radius 2 is 1.84 bits per heavy atom. The van der Waals surface area contributed by atoms with Gasteiger partial charge >= 0.3 is 0 Å². The number of thioether (sulfide) groups is 1.